The number of amides is 5. The molecular formula is C34H47FN8O7. The summed E-state index contributed by atoms with van der Waals surface area (Å²) in [6.45, 7) is 8.75. The molecule has 2 heterocycles. The summed E-state index contributed by atoms with van der Waals surface area (Å²) in [6.07, 6.45) is 3.05. The van der Waals surface area contributed by atoms with E-state index in [0.717, 1.165) is 25.7 Å². The number of benzene rings is 1. The third-order valence-corrected chi connectivity index (χ3v) is 9.81. The summed E-state index contributed by atoms with van der Waals surface area (Å²) in [5.74, 6) is -3.05. The third kappa shape index (κ3) is 8.94. The van der Waals surface area contributed by atoms with E-state index in [1.165, 1.54) is 19.1 Å². The Bertz CT molecular complexity index is 1560. The van der Waals surface area contributed by atoms with E-state index in [-0.39, 0.29) is 47.3 Å². The average Bonchev–Trinajstić information content (AvgIpc) is 4.03. The Labute approximate surface area is 290 Å². The highest BCUT2D eigenvalue weighted by molar-refractivity contribution is 6.01. The highest BCUT2D eigenvalue weighted by Gasteiger charge is 2.48. The van der Waals surface area contributed by atoms with Crippen molar-refractivity contribution in [2.45, 2.75) is 77.4 Å². The summed E-state index contributed by atoms with van der Waals surface area (Å²) < 4.78 is 25.4. The van der Waals surface area contributed by atoms with Crippen molar-refractivity contribution < 1.29 is 37.7 Å². The largest absolute Gasteiger partial charge is 0.450 e. The number of aryl methyl sites for hydroxylation is 1. The lowest BCUT2D eigenvalue weighted by Gasteiger charge is -2.36. The Kier molecular flexibility index (Phi) is 11.7. The van der Waals surface area contributed by atoms with Gasteiger partial charge in [0.2, 0.25) is 17.7 Å². The molecule has 2 aromatic rings. The minimum absolute atomic E-state index is 0.0171. The molecule has 5 amide bonds. The Hall–Kier alpha value is -4.60. The molecular weight excluding hydrogens is 651 g/mol. The number of alkyl carbamates (subject to hydrolysis) is 1. The van der Waals surface area contributed by atoms with Crippen molar-refractivity contribution in [1.82, 2.24) is 36.1 Å². The van der Waals surface area contributed by atoms with Crippen LogP contribution >= 0.6 is 0 Å². The van der Waals surface area contributed by atoms with Gasteiger partial charge in [0.25, 0.3) is 5.91 Å². The summed E-state index contributed by atoms with van der Waals surface area (Å²) in [5, 5.41) is 18.0. The predicted octanol–water partition coefficient (Wildman–Crippen LogP) is 2.19. The van der Waals surface area contributed by atoms with E-state index in [4.69, 9.17) is 4.74 Å². The number of carbonyl (C=O) groups excluding carboxylic acids is 5. The fraction of sp³-hybridized carbons (Fsp3) is 0.618. The third-order valence-electron chi connectivity index (χ3n) is 9.81. The van der Waals surface area contributed by atoms with Gasteiger partial charge >= 0.3 is 6.09 Å². The Morgan fingerprint density at radius 2 is 1.60 bits per heavy atom. The molecule has 3 fully saturated rings. The van der Waals surface area contributed by atoms with Crippen molar-refractivity contribution in [2.75, 3.05) is 45.2 Å². The van der Waals surface area contributed by atoms with Crippen LogP contribution in [0.3, 0.4) is 0 Å². The molecule has 1 saturated heterocycles. The first-order chi connectivity index (χ1) is 23.9. The highest BCUT2D eigenvalue weighted by atomic mass is 19.1. The fourth-order valence-corrected chi connectivity index (χ4v) is 6.51. The molecule has 50 heavy (non-hydrogen) atoms. The van der Waals surface area contributed by atoms with Gasteiger partial charge in [-0.2, -0.15) is 0 Å². The number of aromatic nitrogens is 2. The predicted molar refractivity (Wildman–Crippen MR) is 178 cm³/mol. The number of hydrogen-bond acceptors (Lipinski definition) is 10. The van der Waals surface area contributed by atoms with Gasteiger partial charge in [0.1, 0.15) is 29.6 Å². The van der Waals surface area contributed by atoms with Gasteiger partial charge in [0, 0.05) is 32.1 Å². The van der Waals surface area contributed by atoms with Gasteiger partial charge in [0.05, 0.1) is 12.3 Å². The molecule has 15 nitrogen and oxygen atoms in total. The molecule has 0 spiro atoms. The van der Waals surface area contributed by atoms with Crippen LogP contribution in [-0.2, 0) is 19.1 Å². The van der Waals surface area contributed by atoms with E-state index < -0.39 is 53.7 Å². The van der Waals surface area contributed by atoms with Gasteiger partial charge in [-0.3, -0.25) is 19.2 Å². The molecule has 2 saturated carbocycles. The normalized spacial score (nSPS) is 18.8. The van der Waals surface area contributed by atoms with Crippen LogP contribution in [-0.4, -0.2) is 108 Å². The molecule has 5 rings (SSSR count). The summed E-state index contributed by atoms with van der Waals surface area (Å²) >= 11 is 0. The van der Waals surface area contributed by atoms with Gasteiger partial charge in [-0.1, -0.05) is 18.1 Å². The molecule has 4 N–H and O–H groups in total. The van der Waals surface area contributed by atoms with Crippen molar-refractivity contribution in [1.29, 1.82) is 0 Å². The van der Waals surface area contributed by atoms with Crippen LogP contribution in [0.15, 0.2) is 22.8 Å². The first-order valence-corrected chi connectivity index (χ1v) is 17.3. The van der Waals surface area contributed by atoms with Crippen LogP contribution in [0, 0.1) is 30.5 Å². The summed E-state index contributed by atoms with van der Waals surface area (Å²) in [7, 11) is 1.96. The summed E-state index contributed by atoms with van der Waals surface area (Å²) in [6, 6.07) is 1.22. The minimum atomic E-state index is -1.08. The number of nitrogens with one attached hydrogen (secondary N) is 4. The van der Waals surface area contributed by atoms with Crippen LogP contribution in [0.25, 0.3) is 0 Å². The van der Waals surface area contributed by atoms with Gasteiger partial charge in [0.15, 0.2) is 5.69 Å². The van der Waals surface area contributed by atoms with Crippen LogP contribution < -0.4 is 21.3 Å². The zero-order valence-corrected chi connectivity index (χ0v) is 29.2. The number of piperazine rings is 1. The number of anilines is 1. The summed E-state index contributed by atoms with van der Waals surface area (Å²) in [5.41, 5.74) is 0.591. The van der Waals surface area contributed by atoms with E-state index in [0.29, 0.717) is 31.7 Å². The Morgan fingerprint density at radius 1 is 0.940 bits per heavy atom. The number of halogens is 1. The molecule has 0 unspecified atom stereocenters. The van der Waals surface area contributed by atoms with E-state index in [2.05, 4.69) is 41.1 Å². The second kappa shape index (κ2) is 16.0. The molecule has 1 aromatic carbocycles. The number of likely N-dealkylation sites (N-methyl/N-ethyl adjacent to an activating group) is 1. The van der Waals surface area contributed by atoms with Crippen molar-refractivity contribution >= 4 is 35.4 Å². The number of hydrogen-bond donors (Lipinski definition) is 4. The molecule has 1 aliphatic heterocycles. The van der Waals surface area contributed by atoms with Gasteiger partial charge in [-0.25, -0.2) is 13.8 Å². The first kappa shape index (κ1) is 36.7. The lowest BCUT2D eigenvalue weighted by atomic mass is 9.88. The SMILES string of the molecule is CCOC(=O)N[C@@H](C)C(=O)N[C@@H](C(=O)N1CCN(C)CC1)[C@@H](C)c1ccc(NC(=O)[C@@H](NC(=O)c2nonc2C)C(C2CC2)C2CC2)c(F)c1. The van der Waals surface area contributed by atoms with Gasteiger partial charge in [-0.15, -0.1) is 0 Å². The maximum atomic E-state index is 15.8. The smallest absolute Gasteiger partial charge is 0.407 e. The van der Waals surface area contributed by atoms with Crippen LogP contribution in [0.5, 0.6) is 0 Å². The maximum absolute atomic E-state index is 15.8. The van der Waals surface area contributed by atoms with Crippen LogP contribution in [0.2, 0.25) is 0 Å². The van der Waals surface area contributed by atoms with Crippen molar-refractivity contribution in [2.24, 2.45) is 17.8 Å². The lowest BCUT2D eigenvalue weighted by molar-refractivity contribution is -0.138. The van der Waals surface area contributed by atoms with Gasteiger partial charge < -0.3 is 35.8 Å². The molecule has 2 aliphatic carbocycles. The number of carbonyl (C=O) groups is 5. The van der Waals surface area contributed by atoms with E-state index in [1.807, 2.05) is 7.05 Å². The Morgan fingerprint density at radius 3 is 2.16 bits per heavy atom. The number of ether oxygens (including phenoxy) is 1. The van der Waals surface area contributed by atoms with Crippen molar-refractivity contribution in [3.8, 4) is 0 Å². The van der Waals surface area contributed by atoms with Crippen LogP contribution in [0.1, 0.15) is 74.1 Å². The van der Waals surface area contributed by atoms with Crippen LogP contribution in [0.4, 0.5) is 14.9 Å². The molecule has 0 bridgehead atoms. The van der Waals surface area contributed by atoms with Crippen molar-refractivity contribution in [3.05, 3.63) is 41.0 Å². The average molecular weight is 699 g/mol. The monoisotopic (exact) mass is 698 g/mol. The maximum Gasteiger partial charge on any atom is 0.407 e. The molecule has 1 aromatic heterocycles. The number of nitrogens with zero attached hydrogens (tertiary/aromatic N) is 4. The molecule has 4 atom stereocenters. The van der Waals surface area contributed by atoms with E-state index in [1.54, 1.807) is 31.7 Å². The number of rotatable bonds is 14. The molecule has 272 valence electrons. The highest BCUT2D eigenvalue weighted by Crippen LogP contribution is 2.51. The topological polar surface area (TPSA) is 188 Å². The Balaban J connectivity index is 1.33. The molecule has 16 heteroatoms. The van der Waals surface area contributed by atoms with E-state index in [9.17, 15) is 24.0 Å². The standard InChI is InChI=1S/C34H47FN8O7/c1-6-49-34(48)36-20(4)30(44)38-27(33(47)43-15-13-42(5)14-16-43)18(2)23-11-12-25(24(35)17-23)37-32(46)29(26(21-7-8-21)22-9-10-22)39-31(45)28-19(3)40-50-41-28/h11-12,17-18,20-22,26-27,29H,6-10,13-16H2,1-5H3,(H,36,48)(H,37,46)(H,38,44)(H,39,45)/t18-,20-,27+,29-/m0/s1. The second-order valence-electron chi connectivity index (χ2n) is 13.6. The molecule has 0 radical (unpaired) electrons. The lowest BCUT2D eigenvalue weighted by Crippen LogP contribution is -2.58. The second-order valence-corrected chi connectivity index (χ2v) is 13.6. The minimum Gasteiger partial charge on any atom is -0.450 e. The first-order valence-electron chi connectivity index (χ1n) is 17.3. The summed E-state index contributed by atoms with van der Waals surface area (Å²) in [4.78, 5) is 69.6. The van der Waals surface area contributed by atoms with E-state index >= 15 is 4.39 Å². The quantitative estimate of drug-likeness (QED) is 0.228. The zero-order chi connectivity index (χ0) is 36.1. The molecule has 3 aliphatic rings. The fourth-order valence-electron chi connectivity index (χ4n) is 6.51. The van der Waals surface area contributed by atoms with Crippen molar-refractivity contribution in [3.63, 3.8) is 0 Å². The zero-order valence-electron chi connectivity index (χ0n) is 29.2. The van der Waals surface area contributed by atoms with Gasteiger partial charge in [-0.05, 0) is 94.1 Å².